The molecule has 6 heteroatoms. The summed E-state index contributed by atoms with van der Waals surface area (Å²) in [6, 6.07) is 9.81. The highest BCUT2D eigenvalue weighted by molar-refractivity contribution is 6.31. The van der Waals surface area contributed by atoms with E-state index in [1.54, 1.807) is 12.1 Å². The number of halogens is 3. The predicted molar refractivity (Wildman–Crippen MR) is 76.6 cm³/mol. The fourth-order valence-corrected chi connectivity index (χ4v) is 1.79. The van der Waals surface area contributed by atoms with Crippen molar-refractivity contribution < 1.29 is 18.3 Å². The summed E-state index contributed by atoms with van der Waals surface area (Å²) in [6.07, 6.45) is 0.0311. The Morgan fingerprint density at radius 3 is 2.62 bits per heavy atom. The Bertz CT molecular complexity index is 649. The van der Waals surface area contributed by atoms with Crippen molar-refractivity contribution in [3.8, 4) is 5.75 Å². The van der Waals surface area contributed by atoms with Gasteiger partial charge in [-0.25, -0.2) is 8.78 Å². The Hall–Kier alpha value is -2.14. The van der Waals surface area contributed by atoms with Crippen LogP contribution >= 0.6 is 11.6 Å². The van der Waals surface area contributed by atoms with Crippen molar-refractivity contribution in [3.63, 3.8) is 0 Å². The van der Waals surface area contributed by atoms with Gasteiger partial charge in [0.15, 0.2) is 11.6 Å². The molecule has 1 N–H and O–H groups in total. The summed E-state index contributed by atoms with van der Waals surface area (Å²) in [5, 5.41) is 2.47. The van der Waals surface area contributed by atoms with Crippen LogP contribution in [0.2, 0.25) is 5.02 Å². The van der Waals surface area contributed by atoms with Crippen LogP contribution in [0.4, 0.5) is 14.5 Å². The zero-order valence-electron chi connectivity index (χ0n) is 10.9. The van der Waals surface area contributed by atoms with Crippen molar-refractivity contribution in [2.45, 2.75) is 6.42 Å². The molecule has 2 aromatic rings. The van der Waals surface area contributed by atoms with Crippen LogP contribution in [0.3, 0.4) is 0 Å². The number of hydrogen-bond donors (Lipinski definition) is 1. The molecule has 0 heterocycles. The number of para-hydroxylation sites is 1. The number of ether oxygens (including phenoxy) is 1. The van der Waals surface area contributed by atoms with Crippen LogP contribution < -0.4 is 10.1 Å². The molecule has 0 aliphatic rings. The van der Waals surface area contributed by atoms with Gasteiger partial charge in [0.2, 0.25) is 5.91 Å². The molecule has 3 nitrogen and oxygen atoms in total. The third-order valence-electron chi connectivity index (χ3n) is 2.63. The van der Waals surface area contributed by atoms with Crippen molar-refractivity contribution in [2.75, 3.05) is 11.9 Å². The van der Waals surface area contributed by atoms with Crippen LogP contribution in [0.5, 0.6) is 5.75 Å². The molecule has 0 saturated carbocycles. The summed E-state index contributed by atoms with van der Waals surface area (Å²) < 4.78 is 31.4. The predicted octanol–water partition coefficient (Wildman–Crippen LogP) is 4.03. The molecule has 0 radical (unpaired) electrons. The highest BCUT2D eigenvalue weighted by atomic mass is 35.5. The second kappa shape index (κ2) is 7.04. The maximum atomic E-state index is 13.3. The first-order chi connectivity index (χ1) is 10.1. The summed E-state index contributed by atoms with van der Waals surface area (Å²) in [4.78, 5) is 11.7. The minimum absolute atomic E-state index is 0.0295. The molecule has 0 aliphatic heterocycles. The third kappa shape index (κ3) is 4.43. The van der Waals surface area contributed by atoms with E-state index in [2.05, 4.69) is 5.32 Å². The lowest BCUT2D eigenvalue weighted by Crippen LogP contribution is -2.15. The van der Waals surface area contributed by atoms with Crippen LogP contribution in [0.25, 0.3) is 0 Å². The fourth-order valence-electron chi connectivity index (χ4n) is 1.61. The fraction of sp³-hybridized carbons (Fsp3) is 0.133. The number of rotatable bonds is 5. The van der Waals surface area contributed by atoms with Gasteiger partial charge in [-0.1, -0.05) is 23.7 Å². The van der Waals surface area contributed by atoms with Crippen molar-refractivity contribution in [1.29, 1.82) is 0 Å². The van der Waals surface area contributed by atoms with E-state index >= 15 is 0 Å². The van der Waals surface area contributed by atoms with E-state index in [4.69, 9.17) is 16.3 Å². The Kier molecular flexibility index (Phi) is 5.11. The molecule has 0 bridgehead atoms. The second-order valence-corrected chi connectivity index (χ2v) is 4.61. The van der Waals surface area contributed by atoms with E-state index in [1.165, 1.54) is 24.3 Å². The number of anilines is 1. The molecule has 1 amide bonds. The van der Waals surface area contributed by atoms with E-state index in [1.807, 2.05) is 0 Å². The molecule has 2 aromatic carbocycles. The first-order valence-corrected chi connectivity index (χ1v) is 6.56. The van der Waals surface area contributed by atoms with Gasteiger partial charge in [0.25, 0.3) is 0 Å². The zero-order chi connectivity index (χ0) is 15.2. The minimum atomic E-state index is -0.558. The molecular formula is C15H12ClF2NO2. The highest BCUT2D eigenvalue weighted by Gasteiger charge is 2.07. The van der Waals surface area contributed by atoms with Gasteiger partial charge in [-0.05, 0) is 30.3 Å². The Morgan fingerprint density at radius 1 is 1.14 bits per heavy atom. The number of amides is 1. The van der Waals surface area contributed by atoms with Gasteiger partial charge in [0.05, 0.1) is 18.1 Å². The third-order valence-corrected chi connectivity index (χ3v) is 2.92. The van der Waals surface area contributed by atoms with Gasteiger partial charge in [0.1, 0.15) is 5.82 Å². The van der Waals surface area contributed by atoms with Gasteiger partial charge in [-0.3, -0.25) is 4.79 Å². The molecule has 2 rings (SSSR count). The van der Waals surface area contributed by atoms with E-state index < -0.39 is 11.6 Å². The van der Waals surface area contributed by atoms with Gasteiger partial charge >= 0.3 is 0 Å². The van der Waals surface area contributed by atoms with Gasteiger partial charge in [0, 0.05) is 5.69 Å². The quantitative estimate of drug-likeness (QED) is 0.905. The van der Waals surface area contributed by atoms with Gasteiger partial charge < -0.3 is 10.1 Å². The van der Waals surface area contributed by atoms with Gasteiger partial charge in [-0.15, -0.1) is 0 Å². The topological polar surface area (TPSA) is 38.3 Å². The van der Waals surface area contributed by atoms with Gasteiger partial charge in [-0.2, -0.15) is 0 Å². The number of hydrogen-bond acceptors (Lipinski definition) is 2. The molecule has 0 aliphatic carbocycles. The molecular weight excluding hydrogens is 300 g/mol. The molecule has 0 unspecified atom stereocenters. The lowest BCUT2D eigenvalue weighted by Gasteiger charge is -2.08. The second-order valence-electron chi connectivity index (χ2n) is 4.21. The summed E-state index contributed by atoms with van der Waals surface area (Å²) >= 11 is 5.61. The smallest absolute Gasteiger partial charge is 0.227 e. The van der Waals surface area contributed by atoms with Crippen LogP contribution in [0.1, 0.15) is 6.42 Å². The largest absolute Gasteiger partial charge is 0.490 e. The maximum absolute atomic E-state index is 13.3. The first-order valence-electron chi connectivity index (χ1n) is 6.18. The Labute approximate surface area is 125 Å². The van der Waals surface area contributed by atoms with Crippen LogP contribution in [-0.2, 0) is 4.79 Å². The molecule has 21 heavy (non-hydrogen) atoms. The molecule has 0 saturated heterocycles. The average Bonchev–Trinajstić information content (AvgIpc) is 2.45. The van der Waals surface area contributed by atoms with E-state index in [9.17, 15) is 13.6 Å². The lowest BCUT2D eigenvalue weighted by atomic mass is 10.3. The van der Waals surface area contributed by atoms with E-state index in [0.717, 1.165) is 6.07 Å². The average molecular weight is 312 g/mol. The summed E-state index contributed by atoms with van der Waals surface area (Å²) in [7, 11) is 0. The number of carbonyl (C=O) groups is 1. The first kappa shape index (κ1) is 15.3. The monoisotopic (exact) mass is 311 g/mol. The normalized spacial score (nSPS) is 10.2. The Balaban J connectivity index is 1.82. The molecule has 0 fully saturated rings. The summed E-state index contributed by atoms with van der Waals surface area (Å²) in [5.74, 6) is -1.29. The Morgan fingerprint density at radius 2 is 1.90 bits per heavy atom. The van der Waals surface area contributed by atoms with Crippen LogP contribution in [0, 0.1) is 11.6 Å². The molecule has 0 atom stereocenters. The number of nitrogens with one attached hydrogen (secondary N) is 1. The van der Waals surface area contributed by atoms with Crippen molar-refractivity contribution in [1.82, 2.24) is 0 Å². The SMILES string of the molecule is O=C(CCOc1ccccc1F)Nc1ccc(F)c(Cl)c1. The minimum Gasteiger partial charge on any atom is -0.490 e. The summed E-state index contributed by atoms with van der Waals surface area (Å²) in [6.45, 7) is 0.0295. The number of benzene rings is 2. The number of carbonyl (C=O) groups excluding carboxylic acids is 1. The molecule has 0 aromatic heterocycles. The summed E-state index contributed by atoms with van der Waals surface area (Å²) in [5.41, 5.74) is 0.386. The lowest BCUT2D eigenvalue weighted by molar-refractivity contribution is -0.116. The van der Waals surface area contributed by atoms with Crippen LogP contribution in [0.15, 0.2) is 42.5 Å². The maximum Gasteiger partial charge on any atom is 0.227 e. The molecule has 0 spiro atoms. The zero-order valence-corrected chi connectivity index (χ0v) is 11.7. The van der Waals surface area contributed by atoms with Crippen LogP contribution in [-0.4, -0.2) is 12.5 Å². The van der Waals surface area contributed by atoms with Crippen molar-refractivity contribution in [2.24, 2.45) is 0 Å². The standard InChI is InChI=1S/C15H12ClF2NO2/c16-11-9-10(5-6-12(11)17)19-15(20)7-8-21-14-4-2-1-3-13(14)18/h1-6,9H,7-8H2,(H,19,20). The van der Waals surface area contributed by atoms with Crippen molar-refractivity contribution in [3.05, 3.63) is 59.1 Å². The van der Waals surface area contributed by atoms with E-state index in [0.29, 0.717) is 5.69 Å². The molecule has 110 valence electrons. The highest BCUT2D eigenvalue weighted by Crippen LogP contribution is 2.19. The van der Waals surface area contributed by atoms with Crippen molar-refractivity contribution >= 4 is 23.2 Å². The van der Waals surface area contributed by atoms with E-state index in [-0.39, 0.29) is 29.7 Å².